The van der Waals surface area contributed by atoms with Gasteiger partial charge in [0.25, 0.3) is 0 Å². The molecule has 0 saturated heterocycles. The molecule has 0 amide bonds. The molecular weight excluding hydrogens is 248 g/mol. The van der Waals surface area contributed by atoms with Crippen molar-refractivity contribution in [3.05, 3.63) is 47.0 Å². The van der Waals surface area contributed by atoms with Crippen molar-refractivity contribution in [1.29, 1.82) is 0 Å². The first kappa shape index (κ1) is 13.3. The van der Waals surface area contributed by atoms with Crippen LogP contribution in [0, 0.1) is 0 Å². The SMILES string of the molecule is CCc1nc(CC)n(C2Cc3ccccc3C2NC)n1. The molecule has 1 aliphatic rings. The molecule has 0 aliphatic heterocycles. The molecule has 20 heavy (non-hydrogen) atoms. The second kappa shape index (κ2) is 5.37. The molecule has 1 N–H and O–H groups in total. The monoisotopic (exact) mass is 270 g/mol. The predicted molar refractivity (Wildman–Crippen MR) is 79.8 cm³/mol. The fourth-order valence-electron chi connectivity index (χ4n) is 3.21. The molecule has 0 bridgehead atoms. The van der Waals surface area contributed by atoms with Crippen LogP contribution in [-0.4, -0.2) is 21.8 Å². The van der Waals surface area contributed by atoms with Gasteiger partial charge in [0.1, 0.15) is 5.82 Å². The molecule has 1 aliphatic carbocycles. The summed E-state index contributed by atoms with van der Waals surface area (Å²) in [6, 6.07) is 9.34. The van der Waals surface area contributed by atoms with Crippen LogP contribution >= 0.6 is 0 Å². The first-order chi connectivity index (χ1) is 9.78. The van der Waals surface area contributed by atoms with E-state index in [1.54, 1.807) is 0 Å². The molecule has 0 spiro atoms. The first-order valence-corrected chi connectivity index (χ1v) is 7.47. The van der Waals surface area contributed by atoms with Gasteiger partial charge in [-0.3, -0.25) is 0 Å². The van der Waals surface area contributed by atoms with Crippen LogP contribution in [-0.2, 0) is 19.3 Å². The lowest BCUT2D eigenvalue weighted by atomic mass is 10.1. The second-order valence-corrected chi connectivity index (χ2v) is 5.33. The van der Waals surface area contributed by atoms with E-state index in [0.717, 1.165) is 30.9 Å². The molecule has 0 radical (unpaired) electrons. The van der Waals surface area contributed by atoms with Crippen LogP contribution in [0.5, 0.6) is 0 Å². The largest absolute Gasteiger partial charge is 0.311 e. The van der Waals surface area contributed by atoms with Crippen LogP contribution in [0.3, 0.4) is 0 Å². The standard InChI is InChI=1S/C16H22N4/c1-4-14-18-15(5-2)20(19-14)13-10-11-8-6-7-9-12(11)16(13)17-3/h6-9,13,16-17H,4-5,10H2,1-3H3. The summed E-state index contributed by atoms with van der Waals surface area (Å²) >= 11 is 0. The Morgan fingerprint density at radius 2 is 2.05 bits per heavy atom. The maximum atomic E-state index is 4.73. The Balaban J connectivity index is 2.01. The van der Waals surface area contributed by atoms with E-state index >= 15 is 0 Å². The molecule has 4 heteroatoms. The summed E-state index contributed by atoms with van der Waals surface area (Å²) in [6.07, 6.45) is 2.85. The van der Waals surface area contributed by atoms with Crippen molar-refractivity contribution < 1.29 is 0 Å². The Morgan fingerprint density at radius 1 is 1.25 bits per heavy atom. The Kier molecular flexibility index (Phi) is 3.57. The van der Waals surface area contributed by atoms with Gasteiger partial charge in [0, 0.05) is 12.8 Å². The zero-order valence-electron chi connectivity index (χ0n) is 12.4. The van der Waals surface area contributed by atoms with E-state index in [9.17, 15) is 0 Å². The Labute approximate surface area is 120 Å². The van der Waals surface area contributed by atoms with Crippen LogP contribution in [0.4, 0.5) is 0 Å². The van der Waals surface area contributed by atoms with Crippen molar-refractivity contribution in [2.45, 2.75) is 45.2 Å². The second-order valence-electron chi connectivity index (χ2n) is 5.33. The number of aromatic nitrogens is 3. The van der Waals surface area contributed by atoms with Crippen molar-refractivity contribution in [3.8, 4) is 0 Å². The van der Waals surface area contributed by atoms with Crippen LogP contribution < -0.4 is 5.32 Å². The third-order valence-electron chi connectivity index (χ3n) is 4.21. The van der Waals surface area contributed by atoms with E-state index < -0.39 is 0 Å². The lowest BCUT2D eigenvalue weighted by molar-refractivity contribution is 0.360. The number of nitrogens with zero attached hydrogens (tertiary/aromatic N) is 3. The van der Waals surface area contributed by atoms with Crippen LogP contribution in [0.15, 0.2) is 24.3 Å². The molecule has 1 aromatic heterocycles. The van der Waals surface area contributed by atoms with Gasteiger partial charge < -0.3 is 5.32 Å². The predicted octanol–water partition coefficient (Wildman–Crippen LogP) is 2.46. The van der Waals surface area contributed by atoms with Crippen molar-refractivity contribution >= 4 is 0 Å². The normalized spacial score (nSPS) is 21.1. The fourth-order valence-corrected chi connectivity index (χ4v) is 3.21. The molecule has 2 atom stereocenters. The third kappa shape index (κ3) is 2.04. The molecule has 106 valence electrons. The molecule has 0 saturated carbocycles. The van der Waals surface area contributed by atoms with Gasteiger partial charge >= 0.3 is 0 Å². The Bertz CT molecular complexity index is 602. The number of aryl methyl sites for hydroxylation is 2. The average Bonchev–Trinajstić information content (AvgIpc) is 3.07. The summed E-state index contributed by atoms with van der Waals surface area (Å²) in [4.78, 5) is 4.65. The van der Waals surface area contributed by atoms with Crippen molar-refractivity contribution in [1.82, 2.24) is 20.1 Å². The lowest BCUT2D eigenvalue weighted by Gasteiger charge is -2.21. The third-order valence-corrected chi connectivity index (χ3v) is 4.21. The van der Waals surface area contributed by atoms with Gasteiger partial charge in [-0.15, -0.1) is 0 Å². The van der Waals surface area contributed by atoms with Gasteiger partial charge in [0.2, 0.25) is 0 Å². The van der Waals surface area contributed by atoms with E-state index in [-0.39, 0.29) is 0 Å². The van der Waals surface area contributed by atoms with E-state index in [4.69, 9.17) is 5.10 Å². The van der Waals surface area contributed by atoms with Gasteiger partial charge in [-0.25, -0.2) is 9.67 Å². The number of nitrogens with one attached hydrogen (secondary N) is 1. The quantitative estimate of drug-likeness (QED) is 0.928. The number of hydrogen-bond donors (Lipinski definition) is 1. The van der Waals surface area contributed by atoms with Gasteiger partial charge in [-0.2, -0.15) is 5.10 Å². The number of benzene rings is 1. The molecule has 0 fully saturated rings. The zero-order chi connectivity index (χ0) is 14.1. The minimum absolute atomic E-state index is 0.322. The highest BCUT2D eigenvalue weighted by molar-refractivity contribution is 5.36. The Hall–Kier alpha value is -1.68. The number of rotatable bonds is 4. The van der Waals surface area contributed by atoms with Crippen molar-refractivity contribution in [2.24, 2.45) is 0 Å². The summed E-state index contributed by atoms with van der Waals surface area (Å²) in [5.74, 6) is 2.05. The molecule has 2 unspecified atom stereocenters. The highest BCUT2D eigenvalue weighted by Crippen LogP contribution is 2.39. The summed E-state index contributed by atoms with van der Waals surface area (Å²) in [6.45, 7) is 4.26. The van der Waals surface area contributed by atoms with Crippen LogP contribution in [0.2, 0.25) is 0 Å². The van der Waals surface area contributed by atoms with Gasteiger partial charge in [0.05, 0.1) is 12.1 Å². The average molecular weight is 270 g/mol. The zero-order valence-corrected chi connectivity index (χ0v) is 12.4. The summed E-state index contributed by atoms with van der Waals surface area (Å²) < 4.78 is 2.15. The van der Waals surface area contributed by atoms with E-state index in [0.29, 0.717) is 12.1 Å². The number of hydrogen-bond acceptors (Lipinski definition) is 3. The number of fused-ring (bicyclic) bond motifs is 1. The van der Waals surface area contributed by atoms with Gasteiger partial charge in [-0.1, -0.05) is 38.1 Å². The smallest absolute Gasteiger partial charge is 0.150 e. The molecule has 1 aromatic carbocycles. The molecule has 2 aromatic rings. The molecule has 4 nitrogen and oxygen atoms in total. The van der Waals surface area contributed by atoms with Gasteiger partial charge in [0.15, 0.2) is 5.82 Å². The molecule has 3 rings (SSSR count). The highest BCUT2D eigenvalue weighted by atomic mass is 15.4. The van der Waals surface area contributed by atoms with Crippen LogP contribution in [0.25, 0.3) is 0 Å². The summed E-state index contributed by atoms with van der Waals surface area (Å²) in [5, 5.41) is 8.19. The van der Waals surface area contributed by atoms with Crippen molar-refractivity contribution in [3.63, 3.8) is 0 Å². The fraction of sp³-hybridized carbons (Fsp3) is 0.500. The lowest BCUT2D eigenvalue weighted by Crippen LogP contribution is -2.26. The van der Waals surface area contributed by atoms with Crippen molar-refractivity contribution in [2.75, 3.05) is 7.05 Å². The van der Waals surface area contributed by atoms with Gasteiger partial charge in [-0.05, 0) is 24.6 Å². The van der Waals surface area contributed by atoms with E-state index in [2.05, 4.69) is 53.1 Å². The highest BCUT2D eigenvalue weighted by Gasteiger charge is 2.34. The van der Waals surface area contributed by atoms with Crippen LogP contribution in [0.1, 0.15) is 48.7 Å². The minimum atomic E-state index is 0.322. The molecular formula is C16H22N4. The first-order valence-electron chi connectivity index (χ1n) is 7.47. The maximum absolute atomic E-state index is 4.73. The molecule has 1 heterocycles. The summed E-state index contributed by atoms with van der Waals surface area (Å²) in [5.41, 5.74) is 2.82. The Morgan fingerprint density at radius 3 is 2.75 bits per heavy atom. The topological polar surface area (TPSA) is 42.7 Å². The maximum Gasteiger partial charge on any atom is 0.150 e. The minimum Gasteiger partial charge on any atom is -0.311 e. The van der Waals surface area contributed by atoms with E-state index in [1.807, 2.05) is 7.05 Å². The summed E-state index contributed by atoms with van der Waals surface area (Å²) in [7, 11) is 2.03. The number of likely N-dealkylation sites (N-methyl/N-ethyl adjacent to an activating group) is 1. The van der Waals surface area contributed by atoms with E-state index in [1.165, 1.54) is 11.1 Å².